The molecule has 2 aromatic rings. The number of likely N-dealkylation sites (N-methyl/N-ethyl adjacent to an activating group) is 3. The van der Waals surface area contributed by atoms with Crippen molar-refractivity contribution in [2.75, 3.05) is 62.2 Å². The Morgan fingerprint density at radius 2 is 1.63 bits per heavy atom. The molecule has 1 amide bonds. The van der Waals surface area contributed by atoms with E-state index in [1.165, 1.54) is 30.7 Å². The number of hydrogen-bond donors (Lipinski definition) is 5. The number of aliphatic hydroxyl groups excluding tert-OH is 3. The van der Waals surface area contributed by atoms with E-state index >= 15 is 0 Å². The van der Waals surface area contributed by atoms with Crippen molar-refractivity contribution in [1.29, 1.82) is 0 Å². The standard InChI is InChI=1S/C54H91FN6O14/c1-16-42-54(9,68)48(64)34(5)60(13)29-31(2)26-52(7,67)43(25-41(33(4)50(66)74-42)73-45-27-53(8,70-15)49(65)35(6)72-45)75-51-46(63)39(23-32(3)71-51)59(12)22-21-38-30-61(57-56-38)40(28-55)47(69-14)37-19-17-36(18-20-37)24-44(62)58(10)11/h17-20,30-35,39-43,45-49,51,63-65,67-68H,16,21-29H2,1-15H3/t31-,32-,33-,34-,35+,39+,40-,41+,42-,43-,45+,46-,47-,48-,49+,51+,52-,53-,54-/m1/s1. The predicted octanol–water partition coefficient (Wildman–Crippen LogP) is 3.39. The molecule has 3 aliphatic rings. The second-order valence-electron chi connectivity index (χ2n) is 22.7. The maximum atomic E-state index is 14.9. The molecule has 19 atom stereocenters. The molecule has 3 saturated heterocycles. The van der Waals surface area contributed by atoms with E-state index in [1.54, 1.807) is 61.8 Å². The van der Waals surface area contributed by atoms with Crippen molar-refractivity contribution in [3.63, 3.8) is 0 Å². The lowest BCUT2D eigenvalue weighted by Crippen LogP contribution is -2.59. The Morgan fingerprint density at radius 1 is 0.960 bits per heavy atom. The summed E-state index contributed by atoms with van der Waals surface area (Å²) >= 11 is 0. The maximum absolute atomic E-state index is 14.9. The van der Waals surface area contributed by atoms with Crippen molar-refractivity contribution in [3.8, 4) is 0 Å². The molecular weight excluding hydrogens is 976 g/mol. The third-order valence-corrected chi connectivity index (χ3v) is 16.3. The van der Waals surface area contributed by atoms with E-state index < -0.39 is 121 Å². The first kappa shape index (κ1) is 62.6. The normalized spacial score (nSPS) is 37.8. The van der Waals surface area contributed by atoms with E-state index in [-0.39, 0.29) is 43.9 Å². The number of cyclic esters (lactones) is 1. The zero-order chi connectivity index (χ0) is 55.9. The van der Waals surface area contributed by atoms with Gasteiger partial charge in [0.25, 0.3) is 0 Å². The fourth-order valence-corrected chi connectivity index (χ4v) is 11.1. The van der Waals surface area contributed by atoms with Crippen LogP contribution in [0.2, 0.25) is 0 Å². The number of hydrogen-bond acceptors (Lipinski definition) is 18. The summed E-state index contributed by atoms with van der Waals surface area (Å²) in [6.45, 7) is 15.6. The minimum atomic E-state index is -1.85. The quantitative estimate of drug-likeness (QED) is 0.143. The highest BCUT2D eigenvalue weighted by molar-refractivity contribution is 5.78. The smallest absolute Gasteiger partial charge is 0.311 e. The molecule has 0 saturated carbocycles. The van der Waals surface area contributed by atoms with E-state index in [1.807, 2.05) is 62.0 Å². The largest absolute Gasteiger partial charge is 0.459 e. The fraction of sp³-hybridized carbons (Fsp3) is 0.815. The van der Waals surface area contributed by atoms with Crippen molar-refractivity contribution in [3.05, 3.63) is 47.3 Å². The number of aromatic nitrogens is 3. The molecule has 5 N–H and O–H groups in total. The summed E-state index contributed by atoms with van der Waals surface area (Å²) in [6.07, 6.45) is -7.89. The SMILES string of the molecule is CC[C@H]1OC(=O)[C@H](C)[C@@H](O[C@H]2C[C@@](C)(OC)[C@@H](O)[C@H](C)O2)C[C@@H](O[C@@H]2O[C@H](C)C[C@H](N(C)CCc3cn([C@H](CF)[C@H](OC)c4ccc(CC(=O)N(C)C)cc4)nn3)[C@H]2O)[C@](C)(O)C[C@@H](C)CN(C)[C@H](C)[C@@H](O)[C@]1(C)O. The van der Waals surface area contributed by atoms with Crippen LogP contribution in [-0.2, 0) is 55.6 Å². The second-order valence-corrected chi connectivity index (χ2v) is 22.7. The van der Waals surface area contributed by atoms with E-state index in [0.717, 1.165) is 11.1 Å². The number of aliphatic hydroxyl groups is 5. The summed E-state index contributed by atoms with van der Waals surface area (Å²) in [7, 11) is 10.1. The van der Waals surface area contributed by atoms with Gasteiger partial charge in [-0.05, 0) is 98.9 Å². The van der Waals surface area contributed by atoms with Crippen LogP contribution in [0.15, 0.2) is 30.5 Å². The number of nitrogens with zero attached hydrogens (tertiary/aromatic N) is 6. The van der Waals surface area contributed by atoms with Crippen LogP contribution in [0.25, 0.3) is 0 Å². The topological polar surface area (TPSA) is 240 Å². The number of methoxy groups -OCH3 is 2. The monoisotopic (exact) mass is 1070 g/mol. The van der Waals surface area contributed by atoms with Crippen LogP contribution in [0.3, 0.4) is 0 Å². The number of alkyl halides is 1. The number of ether oxygens (including phenoxy) is 7. The summed E-state index contributed by atoms with van der Waals surface area (Å²) < 4.78 is 60.0. The van der Waals surface area contributed by atoms with Crippen molar-refractivity contribution < 1.29 is 72.7 Å². The Balaban J connectivity index is 1.40. The molecule has 0 aliphatic carbocycles. The van der Waals surface area contributed by atoms with Gasteiger partial charge in [-0.3, -0.25) is 9.59 Å². The second kappa shape index (κ2) is 26.6. The molecule has 4 heterocycles. The predicted molar refractivity (Wildman–Crippen MR) is 276 cm³/mol. The minimum Gasteiger partial charge on any atom is -0.459 e. The lowest BCUT2D eigenvalue weighted by atomic mass is 9.83. The average Bonchev–Trinajstić information content (AvgIpc) is 3.83. The highest BCUT2D eigenvalue weighted by atomic mass is 19.1. The molecule has 20 nitrogen and oxygen atoms in total. The molecule has 1 aromatic heterocycles. The molecule has 0 bridgehead atoms. The van der Waals surface area contributed by atoms with Gasteiger partial charge in [0, 0.05) is 78.9 Å². The maximum Gasteiger partial charge on any atom is 0.311 e. The van der Waals surface area contributed by atoms with Gasteiger partial charge in [0.05, 0.1) is 53.7 Å². The minimum absolute atomic E-state index is 0.0327. The Labute approximate surface area is 444 Å². The third kappa shape index (κ3) is 15.3. The van der Waals surface area contributed by atoms with E-state index in [9.17, 15) is 39.5 Å². The molecular formula is C54H91FN6O14. The first-order valence-corrected chi connectivity index (χ1v) is 26.7. The summed E-state index contributed by atoms with van der Waals surface area (Å²) in [6, 6.07) is 5.40. The zero-order valence-electron chi connectivity index (χ0n) is 47.2. The van der Waals surface area contributed by atoms with Crippen molar-refractivity contribution in [2.24, 2.45) is 11.8 Å². The zero-order valence-corrected chi connectivity index (χ0v) is 47.2. The van der Waals surface area contributed by atoms with Crippen LogP contribution in [0.4, 0.5) is 4.39 Å². The summed E-state index contributed by atoms with van der Waals surface area (Å²) in [5, 5.41) is 68.1. The number of rotatable bonds is 17. The lowest BCUT2D eigenvalue weighted by molar-refractivity contribution is -0.308. The number of carbonyl (C=O) groups excluding carboxylic acids is 2. The first-order valence-electron chi connectivity index (χ1n) is 26.7. The molecule has 0 spiro atoms. The van der Waals surface area contributed by atoms with Gasteiger partial charge in [-0.25, -0.2) is 9.07 Å². The van der Waals surface area contributed by atoms with Crippen LogP contribution in [0.5, 0.6) is 0 Å². The van der Waals surface area contributed by atoms with Crippen LogP contribution in [-0.4, -0.2) is 220 Å². The van der Waals surface area contributed by atoms with Crippen molar-refractivity contribution in [1.82, 2.24) is 29.7 Å². The highest BCUT2D eigenvalue weighted by Gasteiger charge is 2.51. The molecule has 21 heteroatoms. The van der Waals surface area contributed by atoms with Gasteiger partial charge in [0.2, 0.25) is 5.91 Å². The van der Waals surface area contributed by atoms with E-state index in [2.05, 4.69) is 10.3 Å². The summed E-state index contributed by atoms with van der Waals surface area (Å²) in [4.78, 5) is 32.1. The number of benzene rings is 1. The average molecular weight is 1070 g/mol. The molecule has 75 heavy (non-hydrogen) atoms. The number of esters is 1. The first-order chi connectivity index (χ1) is 35.1. The van der Waals surface area contributed by atoms with Crippen LogP contribution in [0, 0.1) is 11.8 Å². The van der Waals surface area contributed by atoms with Gasteiger partial charge in [-0.15, -0.1) is 5.10 Å². The molecule has 3 aliphatic heterocycles. The van der Waals surface area contributed by atoms with Crippen molar-refractivity contribution in [2.45, 2.75) is 210 Å². The Morgan fingerprint density at radius 3 is 2.23 bits per heavy atom. The van der Waals surface area contributed by atoms with Crippen molar-refractivity contribution >= 4 is 11.9 Å². The van der Waals surface area contributed by atoms with Gasteiger partial charge < -0.3 is 73.4 Å². The molecule has 0 radical (unpaired) electrons. The van der Waals surface area contributed by atoms with Crippen LogP contribution >= 0.6 is 0 Å². The summed E-state index contributed by atoms with van der Waals surface area (Å²) in [5.74, 6) is -2.05. The lowest BCUT2D eigenvalue weighted by Gasteiger charge is -2.47. The Hall–Kier alpha value is -3.29. The van der Waals surface area contributed by atoms with Gasteiger partial charge in [-0.1, -0.05) is 43.3 Å². The summed E-state index contributed by atoms with van der Waals surface area (Å²) in [5.41, 5.74) is -2.43. The van der Waals surface area contributed by atoms with Gasteiger partial charge in [-0.2, -0.15) is 0 Å². The molecule has 3 fully saturated rings. The Bertz CT molecular complexity index is 2100. The molecule has 428 valence electrons. The fourth-order valence-electron chi connectivity index (χ4n) is 11.1. The molecule has 5 rings (SSSR count). The van der Waals surface area contributed by atoms with E-state index in [4.69, 9.17) is 33.2 Å². The van der Waals surface area contributed by atoms with Gasteiger partial charge in [0.1, 0.15) is 48.8 Å². The van der Waals surface area contributed by atoms with Crippen LogP contribution < -0.4 is 0 Å². The van der Waals surface area contributed by atoms with Gasteiger partial charge >= 0.3 is 5.97 Å². The third-order valence-electron chi connectivity index (χ3n) is 16.3. The number of carbonyl (C=O) groups is 2. The molecule has 0 unspecified atom stereocenters. The van der Waals surface area contributed by atoms with E-state index in [0.29, 0.717) is 31.6 Å². The Kier molecular flexibility index (Phi) is 22.2. The van der Waals surface area contributed by atoms with Gasteiger partial charge in [0.15, 0.2) is 12.6 Å². The highest BCUT2D eigenvalue weighted by Crippen LogP contribution is 2.39. The number of amides is 1. The molecule has 1 aromatic carbocycles. The number of halogens is 1. The van der Waals surface area contributed by atoms with Crippen LogP contribution in [0.1, 0.15) is 123 Å².